The Labute approximate surface area is 408 Å². The molecule has 13 heteroatoms. The molecule has 0 saturated carbocycles. The number of hydrogen-bond donors (Lipinski definition) is 1. The molecule has 1 aliphatic rings. The Hall–Kier alpha value is -1.85. The number of cyclic esters (lactones) is 1. The molecule has 1 heterocycles. The predicted octanol–water partition coefficient (Wildman–Crippen LogP) is 14.0. The van der Waals surface area contributed by atoms with Crippen LogP contribution in [0.1, 0.15) is 131 Å². The van der Waals surface area contributed by atoms with Gasteiger partial charge in [0.2, 0.25) is 0 Å². The minimum Gasteiger partial charge on any atom is -0.462 e. The minimum atomic E-state index is -2.26. The highest BCUT2D eigenvalue weighted by molar-refractivity contribution is 6.75. The van der Waals surface area contributed by atoms with E-state index in [9.17, 15) is 9.59 Å². The molecule has 1 rings (SSSR count). The third kappa shape index (κ3) is 18.2. The molecule has 2 N–H and O–H groups in total. The summed E-state index contributed by atoms with van der Waals surface area (Å²) in [6.07, 6.45) is 11.1. The Kier molecular flexibility index (Phi) is 23.9. The summed E-state index contributed by atoms with van der Waals surface area (Å²) in [7, 11) is -5.05. The number of hydrogen-bond acceptors (Lipinski definition) is 9. The molecule has 1 fully saturated rings. The van der Waals surface area contributed by atoms with E-state index in [1.54, 1.807) is 13.2 Å². The summed E-state index contributed by atoms with van der Waals surface area (Å²) >= 11 is 0. The first-order valence-corrected chi connectivity index (χ1v) is 33.5. The monoisotopic (exact) mass is 980 g/mol. The number of carbonyl (C=O) groups is 2. The second kappa shape index (κ2) is 25.3. The maximum atomic E-state index is 13.5. The molecule has 1 saturated heterocycles. The van der Waals surface area contributed by atoms with Crippen LogP contribution in [0, 0.1) is 41.4 Å². The summed E-state index contributed by atoms with van der Waals surface area (Å²) in [6, 6.07) is 0. The van der Waals surface area contributed by atoms with Crippen molar-refractivity contribution >= 4 is 37.0 Å². The summed E-state index contributed by atoms with van der Waals surface area (Å²) in [4.78, 5) is 25.8. The van der Waals surface area contributed by atoms with E-state index >= 15 is 0 Å². The third-order valence-corrected chi connectivity index (χ3v) is 29.0. The first-order chi connectivity index (χ1) is 29.8. The van der Waals surface area contributed by atoms with Crippen LogP contribution in [0.2, 0.25) is 54.4 Å². The van der Waals surface area contributed by atoms with Gasteiger partial charge in [0, 0.05) is 43.1 Å². The molecule has 0 unspecified atom stereocenters. The van der Waals surface area contributed by atoms with Gasteiger partial charge in [0.25, 0.3) is 0 Å². The number of amides is 1. The lowest BCUT2D eigenvalue weighted by atomic mass is 9.81. The Bertz CT molecular complexity index is 1620. The molecule has 0 aromatic carbocycles. The average molecular weight is 981 g/mol. The van der Waals surface area contributed by atoms with Crippen LogP contribution in [-0.4, -0.2) is 87.5 Å². The molecule has 13 atom stereocenters. The largest absolute Gasteiger partial charge is 0.462 e. The number of rotatable bonds is 25. The van der Waals surface area contributed by atoms with E-state index in [-0.39, 0.29) is 99.8 Å². The van der Waals surface area contributed by atoms with Crippen molar-refractivity contribution in [1.29, 1.82) is 0 Å². The van der Waals surface area contributed by atoms with Gasteiger partial charge in [-0.15, -0.1) is 0 Å². The summed E-state index contributed by atoms with van der Waals surface area (Å²) < 4.78 is 45.4. The fourth-order valence-electron chi connectivity index (χ4n) is 8.31. The molecular formula is C53H101NO9Si3. The van der Waals surface area contributed by atoms with E-state index in [1.807, 2.05) is 26.0 Å². The Morgan fingerprint density at radius 3 is 1.77 bits per heavy atom. The van der Waals surface area contributed by atoms with E-state index in [0.29, 0.717) is 6.42 Å². The maximum Gasteiger partial charge on any atom is 0.404 e. The number of methoxy groups -OCH3 is 1. The summed E-state index contributed by atoms with van der Waals surface area (Å²) in [6.45, 7) is 54.8. The van der Waals surface area contributed by atoms with Crippen LogP contribution in [-0.2, 0) is 37.0 Å². The fourth-order valence-corrected chi connectivity index (χ4v) is 12.5. The van der Waals surface area contributed by atoms with Crippen molar-refractivity contribution in [2.45, 2.75) is 222 Å². The van der Waals surface area contributed by atoms with Crippen LogP contribution in [0.4, 0.5) is 4.79 Å². The second-order valence-electron chi connectivity index (χ2n) is 24.5. The smallest absolute Gasteiger partial charge is 0.404 e. The zero-order chi connectivity index (χ0) is 51.6. The highest BCUT2D eigenvalue weighted by atomic mass is 28.4. The second-order valence-corrected chi connectivity index (χ2v) is 38.8. The lowest BCUT2D eigenvalue weighted by Gasteiger charge is -2.47. The molecule has 1 amide bonds. The van der Waals surface area contributed by atoms with Gasteiger partial charge in [-0.3, -0.25) is 4.79 Å². The first-order valence-electron chi connectivity index (χ1n) is 24.8. The third-order valence-electron chi connectivity index (χ3n) is 15.6. The van der Waals surface area contributed by atoms with E-state index in [0.717, 1.165) is 6.42 Å². The standard InChI is InChI=1S/C53H101NO9Si3/c1-26-27-28-36(3)46(60-50(54)56)41(8)47(62-65(22,23)52(13,14)15)39(6)32-35(2)31-38(5)45(58-34-57-19)37(4)29-30-43(61-64(20,21)51(10,11)12)33-44-40(7)48(42(9)49(55)59-44)63-66(24,25)53(16,17)18/h26-31,36-48H,1,32-34H2,2-25H3,(H2,54,56)/b28-27-,30-29-,35-31-/t36-,37-,38+,39-,40+,41-,42-,43+,44+,45-,46+,47+,48+/m0/s1. The summed E-state index contributed by atoms with van der Waals surface area (Å²) in [5.74, 6) is -0.733. The minimum absolute atomic E-state index is 0.00881. The number of carbonyl (C=O) groups excluding carboxylic acids is 2. The van der Waals surface area contributed by atoms with E-state index in [4.69, 9.17) is 38.0 Å². The fraction of sp³-hybridized carbons (Fsp3) is 0.811. The SMILES string of the molecule is C=C/C=C\[C@H](C)[C@@H](OC(N)=O)[C@H](C)[C@H](O[Si](C)(C)C(C)(C)C)[C@@H](C)C/C(C)=C\[C@@H](C)[C@@H](OCOC)[C@@H](C)/C=C\[C@H](C[C@H]1OC(=O)[C@@H](C)[C@H](O[Si](C)(C)C(C)(C)C)[C@@H]1C)O[Si](C)(C)C(C)(C)C. The van der Waals surface area contributed by atoms with E-state index < -0.39 is 37.1 Å². The highest BCUT2D eigenvalue weighted by Gasteiger charge is 2.49. The predicted molar refractivity (Wildman–Crippen MR) is 283 cm³/mol. The van der Waals surface area contributed by atoms with Gasteiger partial charge in [-0.25, -0.2) is 4.79 Å². The Balaban J connectivity index is 3.65. The van der Waals surface area contributed by atoms with Crippen molar-refractivity contribution in [1.82, 2.24) is 0 Å². The molecule has 0 aromatic rings. The lowest BCUT2D eigenvalue weighted by Crippen LogP contribution is -2.55. The summed E-state index contributed by atoms with van der Waals surface area (Å²) in [5.41, 5.74) is 6.89. The lowest BCUT2D eigenvalue weighted by molar-refractivity contribution is -0.177. The molecule has 0 aromatic heterocycles. The van der Waals surface area contributed by atoms with Gasteiger partial charge in [0.1, 0.15) is 19.0 Å². The molecule has 384 valence electrons. The van der Waals surface area contributed by atoms with Gasteiger partial charge in [0.15, 0.2) is 25.0 Å². The van der Waals surface area contributed by atoms with Crippen molar-refractivity contribution in [3.8, 4) is 0 Å². The van der Waals surface area contributed by atoms with Crippen molar-refractivity contribution in [2.75, 3.05) is 13.9 Å². The molecular weight excluding hydrogens is 879 g/mol. The molecule has 66 heavy (non-hydrogen) atoms. The number of nitrogens with two attached hydrogens (primary N) is 1. The summed E-state index contributed by atoms with van der Waals surface area (Å²) in [5, 5.41) is -0.0416. The van der Waals surface area contributed by atoms with Crippen LogP contribution in [0.25, 0.3) is 0 Å². The van der Waals surface area contributed by atoms with E-state index in [2.05, 4.69) is 168 Å². The van der Waals surface area contributed by atoms with Crippen LogP contribution in [0.5, 0.6) is 0 Å². The van der Waals surface area contributed by atoms with Crippen LogP contribution in [0.15, 0.2) is 48.6 Å². The van der Waals surface area contributed by atoms with Crippen molar-refractivity contribution in [2.24, 2.45) is 47.2 Å². The van der Waals surface area contributed by atoms with Crippen LogP contribution >= 0.6 is 0 Å². The average Bonchev–Trinajstić information content (AvgIpc) is 3.15. The van der Waals surface area contributed by atoms with Gasteiger partial charge >= 0.3 is 12.1 Å². The van der Waals surface area contributed by atoms with Gasteiger partial charge in [-0.2, -0.15) is 0 Å². The topological polar surface area (TPSA) is 125 Å². The molecule has 10 nitrogen and oxygen atoms in total. The normalized spacial score (nSPS) is 24.0. The van der Waals surface area contributed by atoms with Gasteiger partial charge in [-0.05, 0) is 80.6 Å². The maximum absolute atomic E-state index is 13.5. The number of primary amides is 1. The Morgan fingerprint density at radius 2 is 1.29 bits per heavy atom. The van der Waals surface area contributed by atoms with Gasteiger partial charge in [-0.1, -0.05) is 152 Å². The van der Waals surface area contributed by atoms with E-state index in [1.165, 1.54) is 5.57 Å². The molecule has 1 aliphatic heterocycles. The highest BCUT2D eigenvalue weighted by Crippen LogP contribution is 2.44. The zero-order valence-corrected chi connectivity index (χ0v) is 49.5. The number of ether oxygens (including phenoxy) is 4. The van der Waals surface area contributed by atoms with Crippen LogP contribution in [0.3, 0.4) is 0 Å². The van der Waals surface area contributed by atoms with Crippen molar-refractivity contribution in [3.05, 3.63) is 48.6 Å². The van der Waals surface area contributed by atoms with Crippen molar-refractivity contribution < 1.29 is 41.8 Å². The Morgan fingerprint density at radius 1 is 0.773 bits per heavy atom. The van der Waals surface area contributed by atoms with Gasteiger partial charge < -0.3 is 38.0 Å². The number of allylic oxidation sites excluding steroid dienone is 3. The molecule has 0 spiro atoms. The molecule has 0 aliphatic carbocycles. The zero-order valence-electron chi connectivity index (χ0n) is 46.5. The molecule has 0 radical (unpaired) electrons. The molecule has 0 bridgehead atoms. The van der Waals surface area contributed by atoms with Crippen LogP contribution < -0.4 is 5.73 Å². The van der Waals surface area contributed by atoms with Crippen molar-refractivity contribution in [3.63, 3.8) is 0 Å². The first kappa shape index (κ1) is 62.2. The number of esters is 1. The quantitative estimate of drug-likeness (QED) is 0.0313. The van der Waals surface area contributed by atoms with Gasteiger partial charge in [0.05, 0.1) is 30.3 Å².